The lowest BCUT2D eigenvalue weighted by Crippen LogP contribution is -2.28. The molecule has 4 rings (SSSR count). The van der Waals surface area contributed by atoms with Crippen molar-refractivity contribution in [3.05, 3.63) is 82.6 Å². The molecule has 0 atom stereocenters. The van der Waals surface area contributed by atoms with E-state index in [-0.39, 0.29) is 37.3 Å². The number of hydrogen-bond acceptors (Lipinski definition) is 5. The monoisotopic (exact) mass is 551 g/mol. The van der Waals surface area contributed by atoms with E-state index in [0.29, 0.717) is 13.1 Å². The number of carbonyl (C=O) groups is 1. The van der Waals surface area contributed by atoms with E-state index in [1.54, 1.807) is 12.1 Å². The fourth-order valence-electron chi connectivity index (χ4n) is 3.91. The molecule has 0 radical (unpaired) electrons. The second-order valence-corrected chi connectivity index (χ2v) is 12.3. The van der Waals surface area contributed by atoms with Crippen molar-refractivity contribution in [3.8, 4) is 0 Å². The molecule has 190 valence electrons. The highest BCUT2D eigenvalue weighted by atomic mass is 35.5. The molecule has 1 heterocycles. The van der Waals surface area contributed by atoms with E-state index in [0.717, 1.165) is 31.0 Å². The Labute approximate surface area is 214 Å². The van der Waals surface area contributed by atoms with E-state index in [1.165, 1.54) is 41.6 Å². The molecule has 3 aromatic carbocycles. The Morgan fingerprint density at radius 1 is 0.944 bits per heavy atom. The number of aryl methyl sites for hydroxylation is 1. The molecule has 1 aliphatic heterocycles. The average Bonchev–Trinajstić information content (AvgIpc) is 3.36. The molecule has 1 fully saturated rings. The quantitative estimate of drug-likeness (QED) is 0.445. The van der Waals surface area contributed by atoms with Gasteiger partial charge in [0, 0.05) is 13.1 Å². The predicted octanol–water partition coefficient (Wildman–Crippen LogP) is 4.63. The molecule has 8 nitrogen and oxygen atoms in total. The van der Waals surface area contributed by atoms with Crippen LogP contribution in [0.2, 0.25) is 5.02 Å². The summed E-state index contributed by atoms with van der Waals surface area (Å²) in [6.07, 6.45) is 1.56. The Morgan fingerprint density at radius 3 is 2.33 bits per heavy atom. The standard InChI is InChI=1S/C24H23ClFN3O5S2/c1-16-14-17(26)8-11-23(16)35(31,32)28-21-7-3-2-6-19(21)24(30)27-22-15-18(9-10-20(22)25)36(33,34)29-12-4-5-13-29/h2-3,6-11,14-15,28H,4-5,12-13H2,1H3,(H,27,30). The smallest absolute Gasteiger partial charge is 0.262 e. The van der Waals surface area contributed by atoms with E-state index in [1.807, 2.05) is 0 Å². The molecule has 3 aromatic rings. The van der Waals surface area contributed by atoms with Gasteiger partial charge in [-0.1, -0.05) is 23.7 Å². The van der Waals surface area contributed by atoms with Gasteiger partial charge in [0.2, 0.25) is 10.0 Å². The molecular formula is C24H23ClFN3O5S2. The average molecular weight is 552 g/mol. The Hall–Kier alpha value is -2.99. The summed E-state index contributed by atoms with van der Waals surface area (Å²) in [7, 11) is -7.88. The minimum atomic E-state index is -4.14. The lowest BCUT2D eigenvalue weighted by Gasteiger charge is -2.17. The fraction of sp³-hybridized carbons (Fsp3) is 0.208. The van der Waals surface area contributed by atoms with Crippen molar-refractivity contribution in [3.63, 3.8) is 0 Å². The summed E-state index contributed by atoms with van der Waals surface area (Å²) in [6.45, 7) is 2.31. The number of halogens is 2. The van der Waals surface area contributed by atoms with Gasteiger partial charge in [0.05, 0.1) is 31.8 Å². The van der Waals surface area contributed by atoms with Gasteiger partial charge >= 0.3 is 0 Å². The number of amides is 1. The van der Waals surface area contributed by atoms with E-state index >= 15 is 0 Å². The number of anilines is 2. The molecule has 0 aliphatic carbocycles. The van der Waals surface area contributed by atoms with Crippen LogP contribution in [0.4, 0.5) is 15.8 Å². The van der Waals surface area contributed by atoms with Crippen LogP contribution in [-0.2, 0) is 20.0 Å². The SMILES string of the molecule is Cc1cc(F)ccc1S(=O)(=O)Nc1ccccc1C(=O)Nc1cc(S(=O)(=O)N2CCCC2)ccc1Cl. The van der Waals surface area contributed by atoms with Gasteiger partial charge in [0.25, 0.3) is 15.9 Å². The molecule has 0 unspecified atom stereocenters. The van der Waals surface area contributed by atoms with Gasteiger partial charge in [-0.2, -0.15) is 4.31 Å². The van der Waals surface area contributed by atoms with Crippen LogP contribution in [0.3, 0.4) is 0 Å². The minimum Gasteiger partial charge on any atom is -0.321 e. The Kier molecular flexibility index (Phi) is 7.37. The topological polar surface area (TPSA) is 113 Å². The number of sulfonamides is 2. The minimum absolute atomic E-state index is 0.00938. The maximum absolute atomic E-state index is 13.4. The van der Waals surface area contributed by atoms with Crippen LogP contribution in [0.15, 0.2) is 70.5 Å². The van der Waals surface area contributed by atoms with Crippen molar-refractivity contribution in [2.24, 2.45) is 0 Å². The van der Waals surface area contributed by atoms with Crippen LogP contribution in [-0.4, -0.2) is 40.1 Å². The maximum atomic E-state index is 13.4. The molecule has 0 aromatic heterocycles. The fourth-order valence-corrected chi connectivity index (χ4v) is 6.93. The third-order valence-electron chi connectivity index (χ3n) is 5.73. The lowest BCUT2D eigenvalue weighted by atomic mass is 10.1. The van der Waals surface area contributed by atoms with Crippen molar-refractivity contribution < 1.29 is 26.0 Å². The molecule has 1 saturated heterocycles. The third kappa shape index (κ3) is 5.39. The highest BCUT2D eigenvalue weighted by Crippen LogP contribution is 2.30. The van der Waals surface area contributed by atoms with Gasteiger partial charge in [-0.05, 0) is 73.9 Å². The zero-order valence-corrected chi connectivity index (χ0v) is 21.6. The second-order valence-electron chi connectivity index (χ2n) is 8.27. The Balaban J connectivity index is 1.62. The predicted molar refractivity (Wildman–Crippen MR) is 136 cm³/mol. The number of benzene rings is 3. The van der Waals surface area contributed by atoms with E-state index in [2.05, 4.69) is 10.0 Å². The van der Waals surface area contributed by atoms with Crippen LogP contribution >= 0.6 is 11.6 Å². The number of nitrogens with zero attached hydrogens (tertiary/aromatic N) is 1. The molecule has 1 amide bonds. The molecule has 0 spiro atoms. The summed E-state index contributed by atoms with van der Waals surface area (Å²) in [4.78, 5) is 13.0. The van der Waals surface area contributed by atoms with Crippen LogP contribution in [0, 0.1) is 12.7 Å². The van der Waals surface area contributed by atoms with Gasteiger partial charge in [0.1, 0.15) is 5.82 Å². The summed E-state index contributed by atoms with van der Waals surface area (Å²) in [6, 6.07) is 13.2. The van der Waals surface area contributed by atoms with Crippen LogP contribution < -0.4 is 10.0 Å². The first-order chi connectivity index (χ1) is 17.0. The zero-order chi connectivity index (χ0) is 26.1. The largest absolute Gasteiger partial charge is 0.321 e. The summed E-state index contributed by atoms with van der Waals surface area (Å²) in [5.41, 5.74) is 0.224. The normalized spacial score (nSPS) is 14.5. The highest BCUT2D eigenvalue weighted by Gasteiger charge is 2.28. The number of rotatable bonds is 7. The summed E-state index contributed by atoms with van der Waals surface area (Å²) in [5.74, 6) is -1.28. The first kappa shape index (κ1) is 26.1. The van der Waals surface area contributed by atoms with Crippen LogP contribution in [0.25, 0.3) is 0 Å². The first-order valence-corrected chi connectivity index (χ1v) is 14.3. The molecule has 36 heavy (non-hydrogen) atoms. The number of hydrogen-bond donors (Lipinski definition) is 2. The van der Waals surface area contributed by atoms with Crippen molar-refractivity contribution in [1.29, 1.82) is 0 Å². The van der Waals surface area contributed by atoms with Crippen LogP contribution in [0.5, 0.6) is 0 Å². The molecule has 2 N–H and O–H groups in total. The zero-order valence-electron chi connectivity index (χ0n) is 19.2. The summed E-state index contributed by atoms with van der Waals surface area (Å²) in [5, 5.41) is 2.69. The third-order valence-corrected chi connectivity index (χ3v) is 9.48. The molecule has 12 heteroatoms. The molecule has 1 aliphatic rings. The van der Waals surface area contributed by atoms with Gasteiger partial charge in [-0.15, -0.1) is 0 Å². The highest BCUT2D eigenvalue weighted by molar-refractivity contribution is 7.92. The molecule has 0 saturated carbocycles. The number of nitrogens with one attached hydrogen (secondary N) is 2. The van der Waals surface area contributed by atoms with Gasteiger partial charge in [-0.25, -0.2) is 21.2 Å². The van der Waals surface area contributed by atoms with Crippen molar-refractivity contribution >= 4 is 48.9 Å². The van der Waals surface area contributed by atoms with E-state index < -0.39 is 31.8 Å². The lowest BCUT2D eigenvalue weighted by molar-refractivity contribution is 0.102. The van der Waals surface area contributed by atoms with Crippen molar-refractivity contribution in [2.45, 2.75) is 29.6 Å². The summed E-state index contributed by atoms with van der Waals surface area (Å²) < 4.78 is 68.9. The van der Waals surface area contributed by atoms with Gasteiger partial charge in [0.15, 0.2) is 0 Å². The summed E-state index contributed by atoms with van der Waals surface area (Å²) >= 11 is 6.23. The number of para-hydroxylation sites is 1. The van der Waals surface area contributed by atoms with Gasteiger partial charge in [-0.3, -0.25) is 9.52 Å². The number of carbonyl (C=O) groups excluding carboxylic acids is 1. The van der Waals surface area contributed by atoms with E-state index in [4.69, 9.17) is 11.6 Å². The maximum Gasteiger partial charge on any atom is 0.262 e. The van der Waals surface area contributed by atoms with E-state index in [9.17, 15) is 26.0 Å². The van der Waals surface area contributed by atoms with Gasteiger partial charge < -0.3 is 5.32 Å². The second kappa shape index (κ2) is 10.2. The molecular weight excluding hydrogens is 529 g/mol. The van der Waals surface area contributed by atoms with Crippen molar-refractivity contribution in [1.82, 2.24) is 4.31 Å². The molecule has 0 bridgehead atoms. The Bertz CT molecular complexity index is 1540. The first-order valence-electron chi connectivity index (χ1n) is 11.0. The van der Waals surface area contributed by atoms with Crippen molar-refractivity contribution in [2.75, 3.05) is 23.1 Å². The van der Waals surface area contributed by atoms with Crippen LogP contribution in [0.1, 0.15) is 28.8 Å². The Morgan fingerprint density at radius 2 is 1.64 bits per heavy atom.